The molecule has 1 aromatic carbocycles. The molecule has 6 nitrogen and oxygen atoms in total. The van der Waals surface area contributed by atoms with Crippen molar-refractivity contribution >= 4 is 29.6 Å². The van der Waals surface area contributed by atoms with Crippen LogP contribution in [-0.2, 0) is 26.1 Å². The van der Waals surface area contributed by atoms with Crippen LogP contribution in [0.2, 0.25) is 0 Å². The normalized spacial score (nSPS) is 14.2. The molecule has 0 aliphatic rings. The average molecular weight is 390 g/mol. The first-order valence-corrected chi connectivity index (χ1v) is 7.79. The highest BCUT2D eigenvalue weighted by Crippen LogP contribution is 2.28. The van der Waals surface area contributed by atoms with Crippen LogP contribution >= 0.6 is 13.5 Å². The molecule has 11 heteroatoms. The predicted octanol–water partition coefficient (Wildman–Crippen LogP) is 1.88. The fourth-order valence-electron chi connectivity index (χ4n) is 1.64. The molecule has 0 heterocycles. The first-order chi connectivity index (χ1) is 10.4. The number of hydrogen-bond acceptors (Lipinski definition) is 6. The summed E-state index contributed by atoms with van der Waals surface area (Å²) in [7, 11) is -5.79. The first kappa shape index (κ1) is 22.5. The van der Waals surface area contributed by atoms with E-state index < -0.39 is 32.9 Å². The van der Waals surface area contributed by atoms with E-state index in [1.54, 1.807) is 6.92 Å². The molecule has 0 amide bonds. The van der Waals surface area contributed by atoms with Crippen LogP contribution in [0.4, 0.5) is 13.2 Å². The fourth-order valence-corrected chi connectivity index (χ4v) is 2.09. The van der Waals surface area contributed by atoms with Gasteiger partial charge in [0, 0.05) is 6.42 Å². The van der Waals surface area contributed by atoms with Crippen LogP contribution in [0.25, 0.3) is 0 Å². The highest BCUT2D eigenvalue weighted by Gasteiger charge is 2.48. The van der Waals surface area contributed by atoms with E-state index in [0.29, 0.717) is 0 Å². The molecule has 1 N–H and O–H groups in total. The van der Waals surface area contributed by atoms with Crippen molar-refractivity contribution in [1.29, 1.82) is 0 Å². The molecule has 1 atom stereocenters. The van der Waals surface area contributed by atoms with Gasteiger partial charge in [0.25, 0.3) is 0 Å². The maximum absolute atomic E-state index is 12.3. The van der Waals surface area contributed by atoms with Crippen LogP contribution < -0.4 is 4.18 Å². The summed E-state index contributed by atoms with van der Waals surface area (Å²) in [6.07, 6.45) is -0.297. The van der Waals surface area contributed by atoms with E-state index in [2.05, 4.69) is 8.92 Å². The van der Waals surface area contributed by atoms with Gasteiger partial charge in [0.1, 0.15) is 5.75 Å². The third-order valence-electron chi connectivity index (χ3n) is 2.65. The third kappa shape index (κ3) is 5.87. The van der Waals surface area contributed by atoms with Gasteiger partial charge in [0.05, 0.1) is 6.61 Å². The van der Waals surface area contributed by atoms with Crippen LogP contribution in [0, 0.1) is 0 Å². The molecule has 138 valence electrons. The number of ether oxygens (including phenoxy) is 1. The minimum atomic E-state index is -5.79. The summed E-state index contributed by atoms with van der Waals surface area (Å²) in [5.74, 6) is -1.49. The van der Waals surface area contributed by atoms with Gasteiger partial charge >= 0.3 is 21.6 Å². The Labute approximate surface area is 144 Å². The summed E-state index contributed by atoms with van der Waals surface area (Å²) in [5, 5.41) is 10.0. The molecule has 0 spiro atoms. The van der Waals surface area contributed by atoms with Gasteiger partial charge in [-0.05, 0) is 31.5 Å². The van der Waals surface area contributed by atoms with E-state index >= 15 is 0 Å². The van der Waals surface area contributed by atoms with E-state index in [1.807, 2.05) is 0 Å². The zero-order chi connectivity index (χ0) is 17.9. The summed E-state index contributed by atoms with van der Waals surface area (Å²) in [5.41, 5.74) is -7.28. The molecule has 0 radical (unpaired) electrons. The minimum Gasteiger partial charge on any atom is -0.464 e. The van der Waals surface area contributed by atoms with Crippen LogP contribution in [-0.4, -0.2) is 37.2 Å². The Kier molecular flexibility index (Phi) is 7.59. The summed E-state index contributed by atoms with van der Waals surface area (Å²) in [6, 6.07) is 4.61. The second-order valence-electron chi connectivity index (χ2n) is 4.80. The number of halogens is 3. The minimum absolute atomic E-state index is 0. The van der Waals surface area contributed by atoms with Crippen molar-refractivity contribution in [2.75, 3.05) is 6.61 Å². The summed E-state index contributed by atoms with van der Waals surface area (Å²) < 4.78 is 67.3. The Morgan fingerprint density at radius 3 is 2.38 bits per heavy atom. The van der Waals surface area contributed by atoms with E-state index in [0.717, 1.165) is 12.1 Å². The van der Waals surface area contributed by atoms with Gasteiger partial charge in [0.15, 0.2) is 5.60 Å². The summed E-state index contributed by atoms with van der Waals surface area (Å²) >= 11 is 0. The Hall–Kier alpha value is -1.46. The number of esters is 1. The van der Waals surface area contributed by atoms with Crippen molar-refractivity contribution in [1.82, 2.24) is 0 Å². The smallest absolute Gasteiger partial charge is 0.464 e. The molecule has 0 saturated carbocycles. The molecule has 0 unspecified atom stereocenters. The SMILES string of the molecule is CCOC(=O)[C@](C)(O)Cc1cccc(OS(=O)(=O)C(F)(F)F)c1.S. The van der Waals surface area contributed by atoms with E-state index in [1.165, 1.54) is 19.1 Å². The molecule has 24 heavy (non-hydrogen) atoms. The molecule has 0 fully saturated rings. The fraction of sp³-hybridized carbons (Fsp3) is 0.462. The zero-order valence-corrected chi connectivity index (χ0v) is 14.6. The zero-order valence-electron chi connectivity index (χ0n) is 12.8. The van der Waals surface area contributed by atoms with E-state index in [9.17, 15) is 31.5 Å². The van der Waals surface area contributed by atoms with E-state index in [4.69, 9.17) is 0 Å². The topological polar surface area (TPSA) is 89.9 Å². The van der Waals surface area contributed by atoms with Crippen LogP contribution in [0.3, 0.4) is 0 Å². The number of alkyl halides is 3. The average Bonchev–Trinajstić information content (AvgIpc) is 2.36. The lowest BCUT2D eigenvalue weighted by Gasteiger charge is -2.21. The van der Waals surface area contributed by atoms with Gasteiger partial charge in [-0.15, -0.1) is 0 Å². The molecule has 0 aromatic heterocycles. The summed E-state index contributed by atoms with van der Waals surface area (Å²) in [6.45, 7) is 2.76. The lowest BCUT2D eigenvalue weighted by atomic mass is 9.96. The molecular weight excluding hydrogens is 373 g/mol. The van der Waals surface area contributed by atoms with E-state index in [-0.39, 0.29) is 32.1 Å². The van der Waals surface area contributed by atoms with Gasteiger partial charge in [-0.3, -0.25) is 0 Å². The molecule has 1 aromatic rings. The maximum atomic E-state index is 12.3. The third-order valence-corrected chi connectivity index (χ3v) is 3.63. The number of rotatable bonds is 6. The van der Waals surface area contributed by atoms with Crippen molar-refractivity contribution in [2.24, 2.45) is 0 Å². The number of aliphatic hydroxyl groups is 1. The second kappa shape index (κ2) is 8.08. The number of benzene rings is 1. The van der Waals surface area contributed by atoms with Gasteiger partial charge in [-0.1, -0.05) is 12.1 Å². The van der Waals surface area contributed by atoms with Crippen LogP contribution in [0.5, 0.6) is 5.75 Å². The van der Waals surface area contributed by atoms with Crippen molar-refractivity contribution in [3.05, 3.63) is 29.8 Å². The predicted molar refractivity (Wildman–Crippen MR) is 83.4 cm³/mol. The standard InChI is InChI=1S/C13H15F3O6S.H2S/c1-3-21-11(17)12(2,18)8-9-5-4-6-10(7-9)22-23(19,20)13(14,15)16;/h4-7,18H,3,8H2,1-2H3;1H2/t12-;/m1./s1. The number of hydrogen-bond donors (Lipinski definition) is 1. The lowest BCUT2D eigenvalue weighted by molar-refractivity contribution is -0.163. The van der Waals surface area contributed by atoms with Crippen molar-refractivity contribution < 1.29 is 40.4 Å². The molecule has 1 rings (SSSR count). The summed E-state index contributed by atoms with van der Waals surface area (Å²) in [4.78, 5) is 11.6. The Morgan fingerprint density at radius 1 is 1.29 bits per heavy atom. The Bertz CT molecular complexity index is 671. The molecule has 0 aliphatic heterocycles. The number of carbonyl (C=O) groups excluding carboxylic acids is 1. The quantitative estimate of drug-likeness (QED) is 0.453. The lowest BCUT2D eigenvalue weighted by Crippen LogP contribution is -2.39. The molecule has 0 bridgehead atoms. The van der Waals surface area contributed by atoms with Crippen molar-refractivity contribution in [2.45, 2.75) is 31.4 Å². The molecular formula is C13H17F3O6S2. The first-order valence-electron chi connectivity index (χ1n) is 6.38. The van der Waals surface area contributed by atoms with Crippen molar-refractivity contribution in [3.63, 3.8) is 0 Å². The van der Waals surface area contributed by atoms with Gasteiger partial charge in [-0.2, -0.15) is 35.1 Å². The monoisotopic (exact) mass is 390 g/mol. The Balaban J connectivity index is 0.00000529. The molecule has 0 aliphatic carbocycles. The van der Waals surface area contributed by atoms with Crippen LogP contribution in [0.1, 0.15) is 19.4 Å². The Morgan fingerprint density at radius 2 is 1.88 bits per heavy atom. The van der Waals surface area contributed by atoms with Gasteiger partial charge < -0.3 is 14.0 Å². The largest absolute Gasteiger partial charge is 0.534 e. The highest BCUT2D eigenvalue weighted by molar-refractivity contribution is 7.88. The maximum Gasteiger partial charge on any atom is 0.534 e. The van der Waals surface area contributed by atoms with Crippen LogP contribution in [0.15, 0.2) is 24.3 Å². The highest BCUT2D eigenvalue weighted by atomic mass is 32.2. The van der Waals surface area contributed by atoms with Gasteiger partial charge in [0.2, 0.25) is 0 Å². The molecule has 0 saturated heterocycles. The van der Waals surface area contributed by atoms with Gasteiger partial charge in [-0.25, -0.2) is 4.79 Å². The van der Waals surface area contributed by atoms with Crippen molar-refractivity contribution in [3.8, 4) is 5.75 Å². The second-order valence-corrected chi connectivity index (χ2v) is 6.34. The number of carbonyl (C=O) groups is 1.